The molecule has 4 heteroatoms. The predicted octanol–water partition coefficient (Wildman–Crippen LogP) is 1.76. The molecule has 0 aliphatic carbocycles. The molecule has 1 unspecified atom stereocenters. The number of ether oxygens (including phenoxy) is 1. The molecule has 0 spiro atoms. The zero-order chi connectivity index (χ0) is 10.3. The van der Waals surface area contributed by atoms with Gasteiger partial charge >= 0.3 is 6.07 Å². The highest BCUT2D eigenvalue weighted by molar-refractivity contribution is 5.87. The Morgan fingerprint density at radius 3 is 2.85 bits per heavy atom. The van der Waals surface area contributed by atoms with Crippen molar-refractivity contribution in [2.24, 2.45) is 0 Å². The monoisotopic (exact) mass is 183 g/mol. The summed E-state index contributed by atoms with van der Waals surface area (Å²) in [5, 5.41) is 12.4. The summed E-state index contributed by atoms with van der Waals surface area (Å²) < 4.78 is 5.15. The van der Waals surface area contributed by atoms with Crippen LogP contribution in [0.4, 0.5) is 0 Å². The van der Waals surface area contributed by atoms with E-state index in [9.17, 15) is 10.0 Å². The summed E-state index contributed by atoms with van der Waals surface area (Å²) in [6.07, 6.45) is 2.28. The second kappa shape index (κ2) is 5.33. The Labute approximate surface area is 77.6 Å². The molecule has 0 saturated carbocycles. The van der Waals surface area contributed by atoms with Crippen LogP contribution < -0.4 is 0 Å². The molecule has 0 aromatic carbocycles. The average Bonchev–Trinajstić information content (AvgIpc) is 2.05. The molecule has 0 aliphatic rings. The topological polar surface area (TPSA) is 53.7 Å². The van der Waals surface area contributed by atoms with Gasteiger partial charge in [-0.25, -0.2) is 0 Å². The van der Waals surface area contributed by atoms with E-state index in [2.05, 4.69) is 17.7 Å². The van der Waals surface area contributed by atoms with E-state index in [-0.39, 0.29) is 5.78 Å². The summed E-state index contributed by atoms with van der Waals surface area (Å²) in [7, 11) is 0. The molecule has 0 bridgehead atoms. The van der Waals surface area contributed by atoms with Crippen LogP contribution in [-0.4, -0.2) is 18.0 Å². The molecule has 0 heterocycles. The molecule has 0 amide bonds. The number of ketones is 1. The number of hydrogen-bond donors (Lipinski definition) is 0. The van der Waals surface area contributed by atoms with Crippen molar-refractivity contribution in [3.63, 3.8) is 0 Å². The van der Waals surface area contributed by atoms with Crippen molar-refractivity contribution in [2.45, 2.75) is 25.9 Å². The lowest BCUT2D eigenvalue weighted by atomic mass is 10.0. The van der Waals surface area contributed by atoms with Gasteiger partial charge in [0.05, 0.1) is 6.61 Å². The molecule has 0 rings (SSSR count). The largest absolute Gasteiger partial charge is 0.498 e. The van der Waals surface area contributed by atoms with Gasteiger partial charge in [0.15, 0.2) is 5.78 Å². The number of carbonyl (C=O) groups excluding carboxylic acids is 1. The van der Waals surface area contributed by atoms with Gasteiger partial charge in [-0.2, -0.15) is 0 Å². The van der Waals surface area contributed by atoms with Gasteiger partial charge < -0.3 is 9.94 Å². The molecule has 0 N–H and O–H groups in total. The lowest BCUT2D eigenvalue weighted by Gasteiger charge is -2.14. The standard InChI is InChI=1S/C9H13NO3/c1-4-5-6-13-9(3,7-10-12)8(2)11/h4H,1,5-6H2,2-3H3. The lowest BCUT2D eigenvalue weighted by Crippen LogP contribution is -2.35. The summed E-state index contributed by atoms with van der Waals surface area (Å²) in [5.74, 6) is -0.295. The first-order valence-corrected chi connectivity index (χ1v) is 3.92. The van der Waals surface area contributed by atoms with Gasteiger partial charge in [0.2, 0.25) is 0 Å². The molecule has 13 heavy (non-hydrogen) atoms. The molecule has 0 saturated heterocycles. The minimum absolute atomic E-state index is 0.295. The highest BCUT2D eigenvalue weighted by Gasteiger charge is 2.35. The van der Waals surface area contributed by atoms with E-state index in [0.717, 1.165) is 0 Å². The Hall–Kier alpha value is -1.34. The summed E-state index contributed by atoms with van der Waals surface area (Å²) >= 11 is 0. The minimum atomic E-state index is -1.31. The Balaban J connectivity index is 4.30. The van der Waals surface area contributed by atoms with Gasteiger partial charge in [0, 0.05) is 5.01 Å². The van der Waals surface area contributed by atoms with Crippen LogP contribution >= 0.6 is 0 Å². The van der Waals surface area contributed by atoms with Crippen molar-refractivity contribution >= 4 is 5.78 Å². The van der Waals surface area contributed by atoms with Crippen LogP contribution in [0.1, 0.15) is 20.3 Å². The summed E-state index contributed by atoms with van der Waals surface area (Å²) in [4.78, 5) is 11.0. The molecule has 72 valence electrons. The number of nitrogens with zero attached hydrogens (tertiary/aromatic N) is 1. The third-order valence-corrected chi connectivity index (χ3v) is 1.64. The smallest absolute Gasteiger partial charge is 0.341 e. The Morgan fingerprint density at radius 1 is 1.85 bits per heavy atom. The van der Waals surface area contributed by atoms with Gasteiger partial charge in [-0.1, -0.05) is 6.08 Å². The van der Waals surface area contributed by atoms with Crippen LogP contribution in [0.3, 0.4) is 0 Å². The molecule has 0 radical (unpaired) electrons. The second-order valence-corrected chi connectivity index (χ2v) is 2.72. The van der Waals surface area contributed by atoms with Crippen LogP contribution in [0, 0.1) is 11.3 Å². The van der Waals surface area contributed by atoms with Crippen LogP contribution in [0.25, 0.3) is 5.01 Å². The fourth-order valence-corrected chi connectivity index (χ4v) is 0.646. The van der Waals surface area contributed by atoms with Gasteiger partial charge in [-0.3, -0.25) is 4.79 Å². The minimum Gasteiger partial charge on any atom is -0.498 e. The lowest BCUT2D eigenvalue weighted by molar-refractivity contribution is -0.133. The number of hydrogen-bond acceptors (Lipinski definition) is 3. The maximum Gasteiger partial charge on any atom is 0.341 e. The quantitative estimate of drug-likeness (QED) is 0.370. The second-order valence-electron chi connectivity index (χ2n) is 2.72. The first-order chi connectivity index (χ1) is 6.06. The van der Waals surface area contributed by atoms with Crippen molar-refractivity contribution in [1.82, 2.24) is 0 Å². The number of rotatable bonds is 5. The zero-order valence-electron chi connectivity index (χ0n) is 7.87. The third-order valence-electron chi connectivity index (χ3n) is 1.64. The van der Waals surface area contributed by atoms with E-state index in [1.54, 1.807) is 6.08 Å². The van der Waals surface area contributed by atoms with Crippen molar-refractivity contribution in [3.8, 4) is 6.07 Å². The SMILES string of the molecule is C=CCCOC(C)(C#[N+][O-])C(C)=O. The first kappa shape index (κ1) is 11.7. The molecule has 4 nitrogen and oxygen atoms in total. The zero-order valence-corrected chi connectivity index (χ0v) is 7.87. The fraction of sp³-hybridized carbons (Fsp3) is 0.556. The van der Waals surface area contributed by atoms with Gasteiger partial charge in [-0.05, 0) is 20.3 Å². The van der Waals surface area contributed by atoms with Crippen LogP contribution in [0.15, 0.2) is 12.7 Å². The van der Waals surface area contributed by atoms with Crippen molar-refractivity contribution < 1.29 is 9.53 Å². The maximum atomic E-state index is 11.0. The van der Waals surface area contributed by atoms with E-state index < -0.39 is 5.60 Å². The Kier molecular flexibility index (Phi) is 4.78. The molecule has 0 fully saturated rings. The summed E-state index contributed by atoms with van der Waals surface area (Å²) in [6, 6.07) is 2.08. The van der Waals surface area contributed by atoms with E-state index in [1.165, 1.54) is 13.8 Å². The molecule has 0 aromatic heterocycles. The van der Waals surface area contributed by atoms with Crippen molar-refractivity contribution in [2.75, 3.05) is 6.61 Å². The Morgan fingerprint density at radius 2 is 2.46 bits per heavy atom. The highest BCUT2D eigenvalue weighted by atomic mass is 16.5. The molecule has 0 aromatic rings. The summed E-state index contributed by atoms with van der Waals surface area (Å²) in [6.45, 7) is 6.61. The maximum absolute atomic E-state index is 11.0. The Bertz CT molecular complexity index is 251. The van der Waals surface area contributed by atoms with Crippen LogP contribution in [0.2, 0.25) is 0 Å². The van der Waals surface area contributed by atoms with E-state index in [4.69, 9.17) is 4.74 Å². The van der Waals surface area contributed by atoms with Crippen molar-refractivity contribution in [3.05, 3.63) is 22.9 Å². The molecular weight excluding hydrogens is 170 g/mol. The van der Waals surface area contributed by atoms with Gasteiger partial charge in [-0.15, -0.1) is 6.58 Å². The van der Waals surface area contributed by atoms with E-state index in [1.807, 2.05) is 0 Å². The average molecular weight is 183 g/mol. The van der Waals surface area contributed by atoms with Gasteiger partial charge in [0.25, 0.3) is 5.60 Å². The fourth-order valence-electron chi connectivity index (χ4n) is 0.646. The van der Waals surface area contributed by atoms with Crippen molar-refractivity contribution in [1.29, 1.82) is 0 Å². The van der Waals surface area contributed by atoms with E-state index in [0.29, 0.717) is 13.0 Å². The molecule has 1 atom stereocenters. The normalized spacial score (nSPS) is 13.7. The highest BCUT2D eigenvalue weighted by Crippen LogP contribution is 2.11. The summed E-state index contributed by atoms with van der Waals surface area (Å²) in [5.41, 5.74) is -1.31. The van der Waals surface area contributed by atoms with E-state index >= 15 is 0 Å². The van der Waals surface area contributed by atoms with Crippen LogP contribution in [-0.2, 0) is 9.53 Å². The predicted molar refractivity (Wildman–Crippen MR) is 50.5 cm³/mol. The molecular formula is C9H13NO3. The van der Waals surface area contributed by atoms with Gasteiger partial charge in [0.1, 0.15) is 0 Å². The number of Topliss-reactive ketones (excluding diaryl/α,β-unsaturated/α-hetero) is 1. The first-order valence-electron chi connectivity index (χ1n) is 3.92. The van der Waals surface area contributed by atoms with Crippen LogP contribution in [0.5, 0.6) is 0 Å². The number of carbonyl (C=O) groups is 1. The molecule has 0 aliphatic heterocycles. The third kappa shape index (κ3) is 3.72.